The van der Waals surface area contributed by atoms with Crippen LogP contribution in [0, 0.1) is 0 Å². The van der Waals surface area contributed by atoms with Gasteiger partial charge in [0.1, 0.15) is 0 Å². The summed E-state index contributed by atoms with van der Waals surface area (Å²) in [5, 5.41) is 2.10. The molecule has 0 spiro atoms. The monoisotopic (exact) mass is 177 g/mol. The van der Waals surface area contributed by atoms with E-state index in [1.807, 2.05) is 6.07 Å². The normalized spacial score (nSPS) is 9.00. The molecule has 0 radical (unpaired) electrons. The van der Waals surface area contributed by atoms with E-state index < -0.39 is 0 Å². The van der Waals surface area contributed by atoms with Gasteiger partial charge in [0, 0.05) is 4.88 Å². The molecule has 3 N–H and O–H groups in total. The molecule has 1 aromatic carbocycles. The van der Waals surface area contributed by atoms with Crippen LogP contribution in [0.5, 0.6) is 0 Å². The van der Waals surface area contributed by atoms with E-state index >= 15 is 0 Å². The van der Waals surface area contributed by atoms with Gasteiger partial charge >= 0.3 is 0 Å². The molecule has 0 aliphatic carbocycles. The quantitative estimate of drug-likeness (QED) is 0.710. The van der Waals surface area contributed by atoms with Crippen molar-refractivity contribution in [2.24, 2.45) is 0 Å². The maximum atomic E-state index is 2.14. The van der Waals surface area contributed by atoms with Crippen molar-refractivity contribution < 1.29 is 0 Å². The van der Waals surface area contributed by atoms with Crippen LogP contribution in [-0.4, -0.2) is 0 Å². The Morgan fingerprint density at radius 3 is 2.17 bits per heavy atom. The molecule has 0 amide bonds. The van der Waals surface area contributed by atoms with Crippen LogP contribution in [0.1, 0.15) is 0 Å². The lowest BCUT2D eigenvalue weighted by Gasteiger charge is -1.93. The number of hydrogen-bond acceptors (Lipinski definition) is 2. The van der Waals surface area contributed by atoms with Gasteiger partial charge in [0.15, 0.2) is 0 Å². The van der Waals surface area contributed by atoms with Crippen molar-refractivity contribution in [1.82, 2.24) is 6.15 Å². The minimum absolute atomic E-state index is 0. The Labute approximate surface area is 76.3 Å². The number of benzene rings is 1. The molecular weight excluding hydrogens is 166 g/mol. The molecule has 0 bridgehead atoms. The van der Waals surface area contributed by atoms with Gasteiger partial charge in [0.2, 0.25) is 0 Å². The molecule has 12 heavy (non-hydrogen) atoms. The maximum Gasteiger partial charge on any atom is 0.0342 e. The van der Waals surface area contributed by atoms with E-state index in [-0.39, 0.29) is 6.15 Å². The lowest BCUT2D eigenvalue weighted by molar-refractivity contribution is 1.70. The summed E-state index contributed by atoms with van der Waals surface area (Å²) in [6.07, 6.45) is 0. The van der Waals surface area contributed by atoms with Crippen LogP contribution < -0.4 is 6.15 Å². The first-order valence-corrected chi connectivity index (χ1v) is 4.44. The summed E-state index contributed by atoms with van der Waals surface area (Å²) in [4.78, 5) is 1.34. The fraction of sp³-hybridized carbons (Fsp3) is 0. The van der Waals surface area contributed by atoms with E-state index in [1.54, 1.807) is 11.3 Å². The van der Waals surface area contributed by atoms with Gasteiger partial charge < -0.3 is 6.15 Å². The Balaban J connectivity index is 0.000000720. The van der Waals surface area contributed by atoms with E-state index in [1.165, 1.54) is 10.4 Å². The summed E-state index contributed by atoms with van der Waals surface area (Å²) < 4.78 is 0. The highest BCUT2D eigenvalue weighted by atomic mass is 32.1. The highest BCUT2D eigenvalue weighted by Crippen LogP contribution is 2.23. The topological polar surface area (TPSA) is 35.0 Å². The van der Waals surface area contributed by atoms with Crippen LogP contribution in [0.15, 0.2) is 47.8 Å². The number of hydrogen-bond donors (Lipinski definition) is 1. The summed E-state index contributed by atoms with van der Waals surface area (Å²) >= 11 is 1.78. The van der Waals surface area contributed by atoms with Crippen molar-refractivity contribution in [3.8, 4) is 10.4 Å². The molecule has 0 aliphatic heterocycles. The molecule has 0 fully saturated rings. The average molecular weight is 177 g/mol. The summed E-state index contributed by atoms with van der Waals surface area (Å²) in [5.41, 5.74) is 1.31. The molecular formula is C10H11NS. The zero-order chi connectivity index (χ0) is 7.52. The van der Waals surface area contributed by atoms with Crippen molar-refractivity contribution in [2.75, 3.05) is 0 Å². The second-order valence-corrected chi connectivity index (χ2v) is 3.29. The molecule has 2 aromatic rings. The minimum Gasteiger partial charge on any atom is -0.344 e. The van der Waals surface area contributed by atoms with Crippen molar-refractivity contribution in [1.29, 1.82) is 0 Å². The van der Waals surface area contributed by atoms with Gasteiger partial charge in [0.25, 0.3) is 0 Å². The van der Waals surface area contributed by atoms with E-state index in [4.69, 9.17) is 0 Å². The third-order valence-electron chi connectivity index (χ3n) is 1.58. The van der Waals surface area contributed by atoms with E-state index in [9.17, 15) is 0 Å². The van der Waals surface area contributed by atoms with E-state index in [2.05, 4.69) is 41.8 Å². The molecule has 2 heteroatoms. The fourth-order valence-electron chi connectivity index (χ4n) is 1.05. The first-order valence-electron chi connectivity index (χ1n) is 3.56. The lowest BCUT2D eigenvalue weighted by atomic mass is 10.2. The van der Waals surface area contributed by atoms with Crippen LogP contribution in [0.4, 0.5) is 0 Å². The summed E-state index contributed by atoms with van der Waals surface area (Å²) in [6.45, 7) is 0. The molecule has 0 saturated heterocycles. The SMILES string of the molecule is N.c1ccc(-c2cccs2)cc1. The predicted octanol–water partition coefficient (Wildman–Crippen LogP) is 3.58. The number of thiophene rings is 1. The van der Waals surface area contributed by atoms with Crippen LogP contribution in [0.3, 0.4) is 0 Å². The number of rotatable bonds is 1. The van der Waals surface area contributed by atoms with Crippen molar-refractivity contribution in [3.63, 3.8) is 0 Å². The van der Waals surface area contributed by atoms with E-state index in [0.29, 0.717) is 0 Å². The van der Waals surface area contributed by atoms with Crippen molar-refractivity contribution >= 4 is 11.3 Å². The fourth-order valence-corrected chi connectivity index (χ4v) is 1.78. The zero-order valence-corrected chi connectivity index (χ0v) is 7.55. The first-order chi connectivity index (χ1) is 5.47. The highest BCUT2D eigenvalue weighted by molar-refractivity contribution is 7.13. The van der Waals surface area contributed by atoms with Gasteiger partial charge in [-0.25, -0.2) is 0 Å². The molecule has 62 valence electrons. The molecule has 2 rings (SSSR count). The van der Waals surface area contributed by atoms with Crippen LogP contribution in [0.2, 0.25) is 0 Å². The Bertz CT molecular complexity index is 313. The van der Waals surface area contributed by atoms with Gasteiger partial charge in [-0.2, -0.15) is 0 Å². The average Bonchev–Trinajstić information content (AvgIpc) is 2.58. The zero-order valence-electron chi connectivity index (χ0n) is 6.73. The standard InChI is InChI=1S/C10H8S.H3N/c1-2-5-9(6-3-1)10-7-4-8-11-10;/h1-8H;1H3. The van der Waals surface area contributed by atoms with Gasteiger partial charge in [0.05, 0.1) is 0 Å². The van der Waals surface area contributed by atoms with Crippen LogP contribution in [-0.2, 0) is 0 Å². The first kappa shape index (κ1) is 8.97. The largest absolute Gasteiger partial charge is 0.344 e. The van der Waals surface area contributed by atoms with Crippen LogP contribution in [0.25, 0.3) is 10.4 Å². The molecule has 1 nitrogen and oxygen atoms in total. The summed E-state index contributed by atoms with van der Waals surface area (Å²) in [7, 11) is 0. The van der Waals surface area contributed by atoms with Gasteiger partial charge in [-0.3, -0.25) is 0 Å². The lowest BCUT2D eigenvalue weighted by Crippen LogP contribution is -1.67. The molecule has 0 unspecified atom stereocenters. The van der Waals surface area contributed by atoms with Gasteiger partial charge in [-0.15, -0.1) is 11.3 Å². The second kappa shape index (κ2) is 4.04. The Kier molecular flexibility index (Phi) is 3.02. The summed E-state index contributed by atoms with van der Waals surface area (Å²) in [5.74, 6) is 0. The minimum atomic E-state index is 0. The predicted molar refractivity (Wildman–Crippen MR) is 54.8 cm³/mol. The smallest absolute Gasteiger partial charge is 0.0342 e. The van der Waals surface area contributed by atoms with Crippen LogP contribution >= 0.6 is 11.3 Å². The third kappa shape index (κ3) is 1.72. The molecule has 1 heterocycles. The maximum absolute atomic E-state index is 2.14. The van der Waals surface area contributed by atoms with Crippen molar-refractivity contribution in [3.05, 3.63) is 47.8 Å². The van der Waals surface area contributed by atoms with Gasteiger partial charge in [-0.05, 0) is 17.0 Å². The Morgan fingerprint density at radius 2 is 1.58 bits per heavy atom. The molecule has 0 atom stereocenters. The molecule has 1 aromatic heterocycles. The Morgan fingerprint density at radius 1 is 0.833 bits per heavy atom. The third-order valence-corrected chi connectivity index (χ3v) is 2.50. The molecule has 0 saturated carbocycles. The second-order valence-electron chi connectivity index (χ2n) is 2.34. The Hall–Kier alpha value is -1.12. The van der Waals surface area contributed by atoms with Gasteiger partial charge in [-0.1, -0.05) is 36.4 Å². The summed E-state index contributed by atoms with van der Waals surface area (Å²) in [6, 6.07) is 14.6. The molecule has 0 aliphatic rings. The van der Waals surface area contributed by atoms with Crippen molar-refractivity contribution in [2.45, 2.75) is 0 Å². The van der Waals surface area contributed by atoms with E-state index in [0.717, 1.165) is 0 Å². The highest BCUT2D eigenvalue weighted by Gasteiger charge is 1.93.